The van der Waals surface area contributed by atoms with Crippen molar-refractivity contribution in [3.63, 3.8) is 0 Å². The zero-order valence-corrected chi connectivity index (χ0v) is 14.8. The third kappa shape index (κ3) is 3.56. The van der Waals surface area contributed by atoms with Crippen molar-refractivity contribution in [1.29, 1.82) is 0 Å². The van der Waals surface area contributed by atoms with Crippen molar-refractivity contribution in [2.24, 2.45) is 0 Å². The van der Waals surface area contributed by atoms with Gasteiger partial charge in [-0.05, 0) is 35.2 Å². The first-order valence-electron chi connectivity index (χ1n) is 7.32. The summed E-state index contributed by atoms with van der Waals surface area (Å²) in [5, 5.41) is 8.70. The first kappa shape index (κ1) is 17.9. The number of carboxylic acid groups (broad SMARTS) is 1. The molecule has 2 rings (SSSR count). The van der Waals surface area contributed by atoms with Crippen LogP contribution in [0.3, 0.4) is 0 Å². The number of hydrogen-bond acceptors (Lipinski definition) is 4. The fraction of sp³-hybridized carbons (Fsp3) is 0.294. The van der Waals surface area contributed by atoms with E-state index in [0.29, 0.717) is 5.69 Å². The van der Waals surface area contributed by atoms with Crippen molar-refractivity contribution in [2.45, 2.75) is 31.2 Å². The summed E-state index contributed by atoms with van der Waals surface area (Å²) in [7, 11) is -2.52. The molecule has 7 heteroatoms. The summed E-state index contributed by atoms with van der Waals surface area (Å²) in [6, 6.07) is 9.50. The molecule has 1 heterocycles. The van der Waals surface area contributed by atoms with Crippen LogP contribution in [0.5, 0.6) is 0 Å². The van der Waals surface area contributed by atoms with Gasteiger partial charge in [-0.25, -0.2) is 9.78 Å². The number of carbonyl (C=O) groups is 1. The van der Waals surface area contributed by atoms with E-state index in [1.54, 1.807) is 12.1 Å². The number of sulfonamides is 1. The number of aromatic carboxylic acids is 1. The molecule has 24 heavy (non-hydrogen) atoms. The van der Waals surface area contributed by atoms with Crippen LogP contribution < -0.4 is 4.31 Å². The molecule has 1 N–H and O–H groups in total. The minimum atomic E-state index is -3.94. The molecule has 0 aliphatic carbocycles. The number of hydrogen-bond donors (Lipinski definition) is 1. The zero-order valence-electron chi connectivity index (χ0n) is 14.0. The number of rotatable bonds is 4. The summed E-state index contributed by atoms with van der Waals surface area (Å²) >= 11 is 0. The van der Waals surface area contributed by atoms with E-state index in [1.807, 2.05) is 12.1 Å². The molecule has 0 aliphatic rings. The minimum Gasteiger partial charge on any atom is -0.478 e. The molecule has 0 atom stereocenters. The molecule has 0 amide bonds. The van der Waals surface area contributed by atoms with E-state index in [1.165, 1.54) is 19.3 Å². The van der Waals surface area contributed by atoms with Gasteiger partial charge < -0.3 is 5.11 Å². The van der Waals surface area contributed by atoms with E-state index < -0.39 is 16.0 Å². The van der Waals surface area contributed by atoms with Crippen molar-refractivity contribution in [3.05, 3.63) is 53.7 Å². The maximum Gasteiger partial charge on any atom is 0.335 e. The van der Waals surface area contributed by atoms with E-state index >= 15 is 0 Å². The van der Waals surface area contributed by atoms with E-state index in [2.05, 4.69) is 25.8 Å². The van der Waals surface area contributed by atoms with Gasteiger partial charge in [0.05, 0.1) is 11.3 Å². The predicted octanol–water partition coefficient (Wildman–Crippen LogP) is 2.90. The van der Waals surface area contributed by atoms with Crippen molar-refractivity contribution in [3.8, 4) is 0 Å². The fourth-order valence-electron chi connectivity index (χ4n) is 2.13. The number of benzene rings is 1. The Labute approximate surface area is 141 Å². The van der Waals surface area contributed by atoms with E-state index in [-0.39, 0.29) is 16.0 Å². The second kappa shape index (κ2) is 6.24. The van der Waals surface area contributed by atoms with E-state index in [9.17, 15) is 13.2 Å². The molecule has 6 nitrogen and oxygen atoms in total. The molecular weight excluding hydrogens is 328 g/mol. The first-order chi connectivity index (χ1) is 11.0. The van der Waals surface area contributed by atoms with Gasteiger partial charge in [0.25, 0.3) is 10.0 Å². The number of nitrogens with zero attached hydrogens (tertiary/aromatic N) is 2. The Hall–Kier alpha value is -2.41. The topological polar surface area (TPSA) is 87.6 Å². The number of aromatic nitrogens is 1. The Morgan fingerprint density at radius 3 is 2.21 bits per heavy atom. The highest BCUT2D eigenvalue weighted by Gasteiger charge is 2.24. The normalized spacial score (nSPS) is 12.0. The summed E-state index contributed by atoms with van der Waals surface area (Å²) in [5.41, 5.74) is 1.40. The monoisotopic (exact) mass is 348 g/mol. The first-order valence-corrected chi connectivity index (χ1v) is 8.76. The van der Waals surface area contributed by atoms with Crippen LogP contribution >= 0.6 is 0 Å². The lowest BCUT2D eigenvalue weighted by atomic mass is 9.87. The van der Waals surface area contributed by atoms with Crippen LogP contribution in [0.1, 0.15) is 36.7 Å². The second-order valence-corrected chi connectivity index (χ2v) is 8.37. The Balaban J connectivity index is 2.39. The van der Waals surface area contributed by atoms with Gasteiger partial charge in [0.2, 0.25) is 0 Å². The summed E-state index contributed by atoms with van der Waals surface area (Å²) in [4.78, 5) is 14.8. The summed E-state index contributed by atoms with van der Waals surface area (Å²) < 4.78 is 26.4. The predicted molar refractivity (Wildman–Crippen MR) is 91.9 cm³/mol. The van der Waals surface area contributed by atoms with Crippen molar-refractivity contribution in [2.75, 3.05) is 11.4 Å². The lowest BCUT2D eigenvalue weighted by Gasteiger charge is -2.22. The minimum absolute atomic E-state index is 0.0344. The van der Waals surface area contributed by atoms with Crippen LogP contribution in [0, 0.1) is 0 Å². The van der Waals surface area contributed by atoms with Gasteiger partial charge in [-0.1, -0.05) is 32.9 Å². The lowest BCUT2D eigenvalue weighted by Crippen LogP contribution is -2.27. The average Bonchev–Trinajstić information content (AvgIpc) is 2.53. The SMILES string of the molecule is CN(c1ccc(C(C)(C)C)cc1)S(=O)(=O)c1cc(C(=O)O)ccn1. The Morgan fingerprint density at radius 1 is 1.12 bits per heavy atom. The average molecular weight is 348 g/mol. The molecule has 0 unspecified atom stereocenters. The maximum atomic E-state index is 12.7. The largest absolute Gasteiger partial charge is 0.478 e. The molecule has 1 aromatic carbocycles. The Bertz CT molecular complexity index is 853. The standard InChI is InChI=1S/C17H20N2O4S/c1-17(2,3)13-5-7-14(8-6-13)19(4)24(22,23)15-11-12(16(20)21)9-10-18-15/h5-11H,1-4H3,(H,20,21). The summed E-state index contributed by atoms with van der Waals surface area (Å²) in [5.74, 6) is -1.20. The summed E-state index contributed by atoms with van der Waals surface area (Å²) in [6.07, 6.45) is 1.17. The van der Waals surface area contributed by atoms with E-state index in [4.69, 9.17) is 5.11 Å². The van der Waals surface area contributed by atoms with Crippen molar-refractivity contribution >= 4 is 21.7 Å². The quantitative estimate of drug-likeness (QED) is 0.918. The van der Waals surface area contributed by atoms with Gasteiger partial charge in [-0.3, -0.25) is 4.31 Å². The van der Waals surface area contributed by atoms with Crippen molar-refractivity contribution in [1.82, 2.24) is 4.98 Å². The molecule has 0 saturated carbocycles. The zero-order chi connectivity index (χ0) is 18.1. The highest BCUT2D eigenvalue weighted by Crippen LogP contribution is 2.26. The molecule has 0 bridgehead atoms. The van der Waals surface area contributed by atoms with Gasteiger partial charge in [-0.2, -0.15) is 8.42 Å². The number of anilines is 1. The van der Waals surface area contributed by atoms with Crippen LogP contribution in [0.4, 0.5) is 5.69 Å². The highest BCUT2D eigenvalue weighted by molar-refractivity contribution is 7.92. The Kier molecular flexibility index (Phi) is 4.66. The smallest absolute Gasteiger partial charge is 0.335 e. The molecule has 1 aromatic heterocycles. The summed E-state index contributed by atoms with van der Waals surface area (Å²) in [6.45, 7) is 6.22. The molecule has 0 fully saturated rings. The van der Waals surface area contributed by atoms with Gasteiger partial charge in [-0.15, -0.1) is 0 Å². The van der Waals surface area contributed by atoms with Gasteiger partial charge in [0.1, 0.15) is 0 Å². The van der Waals surface area contributed by atoms with Crippen LogP contribution in [0.2, 0.25) is 0 Å². The van der Waals surface area contributed by atoms with Crippen molar-refractivity contribution < 1.29 is 18.3 Å². The molecule has 0 spiro atoms. The molecular formula is C17H20N2O4S. The highest BCUT2D eigenvalue weighted by atomic mass is 32.2. The lowest BCUT2D eigenvalue weighted by molar-refractivity contribution is 0.0696. The van der Waals surface area contributed by atoms with E-state index in [0.717, 1.165) is 15.9 Å². The molecule has 0 radical (unpaired) electrons. The molecule has 0 aliphatic heterocycles. The van der Waals surface area contributed by atoms with Crippen LogP contribution in [0.15, 0.2) is 47.6 Å². The second-order valence-electron chi connectivity index (χ2n) is 6.46. The van der Waals surface area contributed by atoms with Crippen LogP contribution in [-0.2, 0) is 15.4 Å². The number of pyridine rings is 1. The van der Waals surface area contributed by atoms with Gasteiger partial charge in [0.15, 0.2) is 5.03 Å². The fourth-order valence-corrected chi connectivity index (χ4v) is 3.28. The molecule has 128 valence electrons. The Morgan fingerprint density at radius 2 is 1.71 bits per heavy atom. The molecule has 2 aromatic rings. The molecule has 0 saturated heterocycles. The van der Waals surface area contributed by atoms with Gasteiger partial charge in [0, 0.05) is 13.2 Å². The third-order valence-corrected chi connectivity index (χ3v) is 5.39. The van der Waals surface area contributed by atoms with Crippen LogP contribution in [0.25, 0.3) is 0 Å². The third-order valence-electron chi connectivity index (χ3n) is 3.70. The number of carboxylic acids is 1. The maximum absolute atomic E-state index is 12.7. The van der Waals surface area contributed by atoms with Gasteiger partial charge >= 0.3 is 5.97 Å². The van der Waals surface area contributed by atoms with Crippen LogP contribution in [-0.4, -0.2) is 31.5 Å².